The summed E-state index contributed by atoms with van der Waals surface area (Å²) in [5.74, 6) is 0.617. The standard InChI is InChI=1S/C14H21N3O2/c1-9-5-6-17(13(9)8-18)11-3-4-12(10(2)7-11)14(15)16-19/h3-4,7,9,13,18-19H,5-6,8H2,1-2H3,(H2,15,16). The fourth-order valence-corrected chi connectivity index (χ4v) is 2.77. The van der Waals surface area contributed by atoms with Crippen molar-refractivity contribution in [2.75, 3.05) is 18.1 Å². The Morgan fingerprint density at radius 2 is 2.26 bits per heavy atom. The van der Waals surface area contributed by atoms with Crippen LogP contribution < -0.4 is 10.6 Å². The number of anilines is 1. The van der Waals surface area contributed by atoms with Gasteiger partial charge in [0.25, 0.3) is 0 Å². The molecule has 2 atom stereocenters. The molecule has 0 aliphatic carbocycles. The van der Waals surface area contributed by atoms with Gasteiger partial charge in [0, 0.05) is 17.8 Å². The van der Waals surface area contributed by atoms with Crippen LogP contribution >= 0.6 is 0 Å². The van der Waals surface area contributed by atoms with Crippen molar-refractivity contribution in [1.29, 1.82) is 0 Å². The van der Waals surface area contributed by atoms with Gasteiger partial charge in [0.05, 0.1) is 12.6 Å². The molecule has 1 aliphatic heterocycles. The summed E-state index contributed by atoms with van der Waals surface area (Å²) in [5.41, 5.74) is 8.40. The van der Waals surface area contributed by atoms with E-state index in [-0.39, 0.29) is 18.5 Å². The van der Waals surface area contributed by atoms with Crippen LogP contribution in [0.3, 0.4) is 0 Å². The monoisotopic (exact) mass is 263 g/mol. The molecule has 0 saturated carbocycles. The van der Waals surface area contributed by atoms with Crippen LogP contribution in [-0.2, 0) is 0 Å². The van der Waals surface area contributed by atoms with Crippen molar-refractivity contribution in [3.63, 3.8) is 0 Å². The maximum absolute atomic E-state index is 9.50. The summed E-state index contributed by atoms with van der Waals surface area (Å²) in [4.78, 5) is 2.23. The van der Waals surface area contributed by atoms with Gasteiger partial charge in [-0.15, -0.1) is 0 Å². The van der Waals surface area contributed by atoms with Gasteiger partial charge in [-0.1, -0.05) is 12.1 Å². The molecule has 19 heavy (non-hydrogen) atoms. The van der Waals surface area contributed by atoms with Gasteiger partial charge in [-0.05, 0) is 43.0 Å². The van der Waals surface area contributed by atoms with E-state index in [1.165, 1.54) is 0 Å². The molecule has 0 amide bonds. The third kappa shape index (κ3) is 2.51. The van der Waals surface area contributed by atoms with Crippen molar-refractivity contribution in [3.05, 3.63) is 29.3 Å². The van der Waals surface area contributed by atoms with Crippen LogP contribution in [0.4, 0.5) is 5.69 Å². The summed E-state index contributed by atoms with van der Waals surface area (Å²) in [7, 11) is 0. The second-order valence-electron chi connectivity index (χ2n) is 5.19. The van der Waals surface area contributed by atoms with Crippen molar-refractivity contribution in [2.24, 2.45) is 16.8 Å². The van der Waals surface area contributed by atoms with E-state index in [0.717, 1.165) is 29.8 Å². The minimum atomic E-state index is 0.123. The number of nitrogens with zero attached hydrogens (tertiary/aromatic N) is 2. The van der Waals surface area contributed by atoms with E-state index in [2.05, 4.69) is 17.0 Å². The van der Waals surface area contributed by atoms with Crippen molar-refractivity contribution < 1.29 is 10.3 Å². The van der Waals surface area contributed by atoms with E-state index >= 15 is 0 Å². The lowest BCUT2D eigenvalue weighted by atomic mass is 10.0. The lowest BCUT2D eigenvalue weighted by molar-refractivity contribution is 0.245. The molecule has 1 aliphatic rings. The Labute approximate surface area is 113 Å². The molecule has 0 radical (unpaired) electrons. The maximum atomic E-state index is 9.50. The first-order chi connectivity index (χ1) is 9.08. The van der Waals surface area contributed by atoms with Crippen molar-refractivity contribution in [2.45, 2.75) is 26.3 Å². The average Bonchev–Trinajstić information content (AvgIpc) is 2.78. The first-order valence-electron chi connectivity index (χ1n) is 6.54. The molecule has 5 heteroatoms. The molecule has 4 N–H and O–H groups in total. The van der Waals surface area contributed by atoms with Gasteiger partial charge in [0.2, 0.25) is 0 Å². The largest absolute Gasteiger partial charge is 0.409 e. The molecule has 1 fully saturated rings. The van der Waals surface area contributed by atoms with E-state index in [1.807, 2.05) is 25.1 Å². The number of benzene rings is 1. The van der Waals surface area contributed by atoms with Gasteiger partial charge in [-0.25, -0.2) is 0 Å². The van der Waals surface area contributed by atoms with Crippen LogP contribution in [0.15, 0.2) is 23.4 Å². The molecular formula is C14H21N3O2. The minimum Gasteiger partial charge on any atom is -0.409 e. The number of hydrogen-bond donors (Lipinski definition) is 3. The predicted molar refractivity (Wildman–Crippen MR) is 75.7 cm³/mol. The molecule has 104 valence electrons. The zero-order chi connectivity index (χ0) is 14.0. The van der Waals surface area contributed by atoms with Crippen molar-refractivity contribution in [1.82, 2.24) is 0 Å². The SMILES string of the molecule is Cc1cc(N2CCC(C)C2CO)ccc1/C(N)=N/O. The Kier molecular flexibility index (Phi) is 3.95. The second kappa shape index (κ2) is 5.48. The third-order valence-electron chi connectivity index (χ3n) is 3.99. The Morgan fingerprint density at radius 3 is 2.84 bits per heavy atom. The van der Waals surface area contributed by atoms with Crippen LogP contribution in [0.2, 0.25) is 0 Å². The molecular weight excluding hydrogens is 242 g/mol. The number of rotatable bonds is 3. The number of amidine groups is 1. The summed E-state index contributed by atoms with van der Waals surface area (Å²) >= 11 is 0. The molecule has 1 saturated heterocycles. The van der Waals surface area contributed by atoms with Crippen LogP contribution in [-0.4, -0.2) is 35.3 Å². The maximum Gasteiger partial charge on any atom is 0.170 e. The molecule has 2 rings (SSSR count). The van der Waals surface area contributed by atoms with E-state index in [9.17, 15) is 5.11 Å². The summed E-state index contributed by atoms with van der Waals surface area (Å²) in [6, 6.07) is 6.01. The second-order valence-corrected chi connectivity index (χ2v) is 5.19. The van der Waals surface area contributed by atoms with Crippen LogP contribution in [0, 0.1) is 12.8 Å². The van der Waals surface area contributed by atoms with Gasteiger partial charge in [0.15, 0.2) is 5.84 Å². The fourth-order valence-electron chi connectivity index (χ4n) is 2.77. The van der Waals surface area contributed by atoms with Crippen LogP contribution in [0.1, 0.15) is 24.5 Å². The van der Waals surface area contributed by atoms with E-state index in [4.69, 9.17) is 10.9 Å². The molecule has 1 aromatic rings. The molecule has 2 unspecified atom stereocenters. The predicted octanol–water partition coefficient (Wildman–Crippen LogP) is 1.30. The molecule has 0 aromatic heterocycles. The van der Waals surface area contributed by atoms with E-state index < -0.39 is 0 Å². The van der Waals surface area contributed by atoms with Crippen molar-refractivity contribution >= 4 is 11.5 Å². The molecule has 5 nitrogen and oxygen atoms in total. The highest BCUT2D eigenvalue weighted by molar-refractivity contribution is 5.98. The Bertz CT molecular complexity index is 488. The highest BCUT2D eigenvalue weighted by Gasteiger charge is 2.30. The van der Waals surface area contributed by atoms with Crippen molar-refractivity contribution in [3.8, 4) is 0 Å². The molecule has 1 aromatic carbocycles. The van der Waals surface area contributed by atoms with Crippen LogP contribution in [0.25, 0.3) is 0 Å². The smallest absolute Gasteiger partial charge is 0.170 e. The fraction of sp³-hybridized carbons (Fsp3) is 0.500. The summed E-state index contributed by atoms with van der Waals surface area (Å²) in [6.07, 6.45) is 1.09. The van der Waals surface area contributed by atoms with E-state index in [0.29, 0.717) is 5.92 Å². The number of aryl methyl sites for hydroxylation is 1. The summed E-state index contributed by atoms with van der Waals surface area (Å²) in [6.45, 7) is 5.22. The average molecular weight is 263 g/mol. The first-order valence-corrected chi connectivity index (χ1v) is 6.54. The Morgan fingerprint density at radius 1 is 1.53 bits per heavy atom. The van der Waals surface area contributed by atoms with Crippen LogP contribution in [0.5, 0.6) is 0 Å². The number of aliphatic hydroxyl groups excluding tert-OH is 1. The number of hydrogen-bond acceptors (Lipinski definition) is 4. The van der Waals surface area contributed by atoms with Gasteiger partial charge < -0.3 is 20.9 Å². The first kappa shape index (κ1) is 13.7. The topological polar surface area (TPSA) is 82.1 Å². The molecule has 0 spiro atoms. The normalized spacial score (nSPS) is 23.9. The summed E-state index contributed by atoms with van der Waals surface area (Å²) in [5, 5.41) is 21.3. The van der Waals surface area contributed by atoms with Gasteiger partial charge in [0.1, 0.15) is 0 Å². The van der Waals surface area contributed by atoms with E-state index in [1.54, 1.807) is 0 Å². The Balaban J connectivity index is 2.30. The molecule has 1 heterocycles. The number of nitrogens with two attached hydrogens (primary N) is 1. The molecule has 0 bridgehead atoms. The van der Waals surface area contributed by atoms with Gasteiger partial charge in [-0.3, -0.25) is 0 Å². The quantitative estimate of drug-likeness (QED) is 0.332. The lowest BCUT2D eigenvalue weighted by Crippen LogP contribution is -2.35. The van der Waals surface area contributed by atoms with Gasteiger partial charge >= 0.3 is 0 Å². The highest BCUT2D eigenvalue weighted by atomic mass is 16.4. The minimum absolute atomic E-state index is 0.123. The third-order valence-corrected chi connectivity index (χ3v) is 3.99. The number of oxime groups is 1. The zero-order valence-electron chi connectivity index (χ0n) is 11.4. The zero-order valence-corrected chi connectivity index (χ0v) is 11.4. The van der Waals surface area contributed by atoms with Gasteiger partial charge in [-0.2, -0.15) is 0 Å². The lowest BCUT2D eigenvalue weighted by Gasteiger charge is -2.28. The number of aliphatic hydroxyl groups is 1. The highest BCUT2D eigenvalue weighted by Crippen LogP contribution is 2.30. The summed E-state index contributed by atoms with van der Waals surface area (Å²) < 4.78 is 0. The Hall–Kier alpha value is -1.75.